The molecule has 2 aromatic carbocycles. The third kappa shape index (κ3) is 4.14. The highest BCUT2D eigenvalue weighted by Gasteiger charge is 2.52. The Morgan fingerprint density at radius 1 is 1.24 bits per heavy atom. The number of fused-ring (bicyclic) bond motifs is 4. The highest BCUT2D eigenvalue weighted by Crippen LogP contribution is 2.53. The van der Waals surface area contributed by atoms with E-state index in [0.29, 0.717) is 49.1 Å². The van der Waals surface area contributed by atoms with Crippen molar-refractivity contribution in [3.05, 3.63) is 53.5 Å². The molecule has 1 amide bonds. The molecule has 4 atom stereocenters. The lowest BCUT2D eigenvalue weighted by atomic mass is 9.94. The van der Waals surface area contributed by atoms with Crippen LogP contribution >= 0.6 is 9.24 Å². The van der Waals surface area contributed by atoms with Gasteiger partial charge in [0.1, 0.15) is 17.5 Å². The number of hydrogen-bond donors (Lipinski definition) is 2. The SMILES string of the molecule is CCOC[C@H]1Cn2c(cc3cc(NC(=O)C4(c5ccc6c(c5)OC(F)(P)O6)CC4)c(F)cc32)C(C)(CO)O1. The molecule has 0 radical (unpaired) electrons. The largest absolute Gasteiger partial charge is 0.420 e. The number of carbonyl (C=O) groups excluding carboxylic acids is 1. The van der Waals surface area contributed by atoms with Crippen LogP contribution in [0, 0.1) is 5.82 Å². The van der Waals surface area contributed by atoms with Gasteiger partial charge in [0, 0.05) is 18.1 Å². The predicted octanol–water partition coefficient (Wildman–Crippen LogP) is 4.32. The van der Waals surface area contributed by atoms with Gasteiger partial charge in [-0.3, -0.25) is 4.79 Å². The number of nitrogens with one attached hydrogen (secondary N) is 1. The number of anilines is 1. The number of benzene rings is 2. The molecule has 1 saturated carbocycles. The van der Waals surface area contributed by atoms with Gasteiger partial charge in [0.05, 0.1) is 42.1 Å². The summed E-state index contributed by atoms with van der Waals surface area (Å²) in [5, 5.41) is 13.6. The molecular weight excluding hydrogens is 517 g/mol. The second-order valence-corrected chi connectivity index (χ2v) is 11.0. The number of aliphatic hydroxyl groups is 1. The standard InChI is InChI=1S/C27H29F2N2O6P/c1-3-34-13-17-12-31-20-11-18(28)19(8-15(20)9-23(31)25(2,14-32)35-17)30-24(33)26(6-7-26)16-4-5-21-22(10-16)37-27(29,38)36-21/h4-5,8-11,17,32H,3,6-7,12-14,38H2,1-2H3,(H,30,33)/t17-,25?,27?/m1/s1. The molecule has 1 aliphatic carbocycles. The number of nitrogens with zero attached hydrogens (tertiary/aromatic N) is 1. The number of aliphatic hydroxyl groups excluding tert-OH is 1. The molecule has 3 aliphatic rings. The van der Waals surface area contributed by atoms with Crippen LogP contribution in [0.3, 0.4) is 0 Å². The van der Waals surface area contributed by atoms with E-state index in [1.165, 1.54) is 6.07 Å². The number of amides is 1. The third-order valence-electron chi connectivity index (χ3n) is 7.58. The molecule has 0 bridgehead atoms. The lowest BCUT2D eigenvalue weighted by Crippen LogP contribution is -2.45. The Balaban J connectivity index is 1.29. The van der Waals surface area contributed by atoms with Gasteiger partial charge in [-0.25, -0.2) is 4.39 Å². The topological polar surface area (TPSA) is 91.2 Å². The van der Waals surface area contributed by atoms with Gasteiger partial charge in [-0.1, -0.05) is 6.07 Å². The second-order valence-electron chi connectivity index (χ2n) is 10.3. The van der Waals surface area contributed by atoms with Crippen molar-refractivity contribution in [2.75, 3.05) is 25.1 Å². The average Bonchev–Trinajstić information content (AvgIpc) is 3.53. The number of aromatic nitrogens is 1. The number of alkyl halides is 1. The number of hydrogen-bond acceptors (Lipinski definition) is 6. The zero-order valence-electron chi connectivity index (χ0n) is 21.1. The van der Waals surface area contributed by atoms with Crippen LogP contribution in [0.2, 0.25) is 0 Å². The van der Waals surface area contributed by atoms with Crippen LogP contribution in [0.25, 0.3) is 10.9 Å². The van der Waals surface area contributed by atoms with Gasteiger partial charge in [0.2, 0.25) is 5.91 Å². The maximum absolute atomic E-state index is 15.4. The summed E-state index contributed by atoms with van der Waals surface area (Å²) in [6.07, 6.45) is 0.832. The fourth-order valence-corrected chi connectivity index (χ4v) is 5.70. The van der Waals surface area contributed by atoms with Crippen molar-refractivity contribution >= 4 is 31.7 Å². The van der Waals surface area contributed by atoms with Crippen molar-refractivity contribution in [1.29, 1.82) is 0 Å². The normalized spacial score (nSPS) is 26.8. The summed E-state index contributed by atoms with van der Waals surface area (Å²) >= 11 is 0. The van der Waals surface area contributed by atoms with Gasteiger partial charge in [-0.05, 0) is 65.8 Å². The molecule has 0 saturated heterocycles. The number of rotatable bonds is 7. The number of carbonyl (C=O) groups is 1. The minimum absolute atomic E-state index is 0.0580. The van der Waals surface area contributed by atoms with Gasteiger partial charge in [0.25, 0.3) is 0 Å². The van der Waals surface area contributed by atoms with E-state index in [9.17, 15) is 14.3 Å². The number of halogens is 2. The van der Waals surface area contributed by atoms with E-state index >= 15 is 4.39 Å². The quantitative estimate of drug-likeness (QED) is 0.429. The molecule has 2 aliphatic heterocycles. The van der Waals surface area contributed by atoms with E-state index in [1.807, 2.05) is 26.8 Å². The molecule has 2 N–H and O–H groups in total. The van der Waals surface area contributed by atoms with Crippen molar-refractivity contribution in [3.63, 3.8) is 0 Å². The molecule has 202 valence electrons. The summed E-state index contributed by atoms with van der Waals surface area (Å²) in [7, 11) is 1.85. The Morgan fingerprint density at radius 3 is 2.71 bits per heavy atom. The van der Waals surface area contributed by atoms with Crippen LogP contribution in [0.4, 0.5) is 14.5 Å². The van der Waals surface area contributed by atoms with Crippen molar-refractivity contribution in [1.82, 2.24) is 4.57 Å². The first-order valence-corrected chi connectivity index (χ1v) is 13.2. The van der Waals surface area contributed by atoms with E-state index in [-0.39, 0.29) is 35.8 Å². The smallest absolute Gasteiger partial charge is 0.418 e. The Bertz CT molecular complexity index is 1440. The first kappa shape index (κ1) is 25.5. The molecule has 8 nitrogen and oxygen atoms in total. The molecule has 0 spiro atoms. The van der Waals surface area contributed by atoms with E-state index in [4.69, 9.17) is 18.9 Å². The van der Waals surface area contributed by atoms with E-state index in [0.717, 1.165) is 5.69 Å². The van der Waals surface area contributed by atoms with Gasteiger partial charge in [-0.15, -0.1) is 0 Å². The first-order chi connectivity index (χ1) is 18.1. The highest BCUT2D eigenvalue weighted by molar-refractivity contribution is 7.18. The average molecular weight is 547 g/mol. The van der Waals surface area contributed by atoms with E-state index in [1.54, 1.807) is 31.2 Å². The number of ether oxygens (including phenoxy) is 4. The molecule has 3 heterocycles. The maximum Gasteiger partial charge on any atom is 0.418 e. The molecule has 38 heavy (non-hydrogen) atoms. The molecule has 1 aromatic heterocycles. The van der Waals surface area contributed by atoms with E-state index in [2.05, 4.69) is 5.32 Å². The van der Waals surface area contributed by atoms with Crippen LogP contribution in [-0.4, -0.2) is 47.3 Å². The van der Waals surface area contributed by atoms with E-state index < -0.39 is 22.6 Å². The first-order valence-electron chi connectivity index (χ1n) is 12.6. The predicted molar refractivity (Wildman–Crippen MR) is 138 cm³/mol. The molecule has 1 fully saturated rings. The van der Waals surface area contributed by atoms with Gasteiger partial charge < -0.3 is 33.9 Å². The maximum atomic E-state index is 15.4. The van der Waals surface area contributed by atoms with Crippen LogP contribution in [-0.2, 0) is 31.8 Å². The Kier molecular flexibility index (Phi) is 5.96. The van der Waals surface area contributed by atoms with Crippen molar-refractivity contribution < 1.29 is 37.6 Å². The Labute approximate surface area is 220 Å². The lowest BCUT2D eigenvalue weighted by Gasteiger charge is -2.39. The zero-order valence-corrected chi connectivity index (χ0v) is 22.2. The van der Waals surface area contributed by atoms with Gasteiger partial charge in [-0.2, -0.15) is 4.39 Å². The third-order valence-corrected chi connectivity index (χ3v) is 7.82. The lowest BCUT2D eigenvalue weighted by molar-refractivity contribution is -0.158. The summed E-state index contributed by atoms with van der Waals surface area (Å²) in [6.45, 7) is 4.77. The fourth-order valence-electron chi connectivity index (χ4n) is 5.44. The van der Waals surface area contributed by atoms with Gasteiger partial charge >= 0.3 is 5.78 Å². The van der Waals surface area contributed by atoms with Crippen molar-refractivity contribution in [3.8, 4) is 11.5 Å². The molecule has 6 rings (SSSR count). The van der Waals surface area contributed by atoms with Crippen molar-refractivity contribution in [2.45, 2.75) is 56.1 Å². The Hall–Kier alpha value is -2.78. The summed E-state index contributed by atoms with van der Waals surface area (Å²) in [4.78, 5) is 13.4. The molecule has 3 aromatic rings. The van der Waals surface area contributed by atoms with Crippen LogP contribution in [0.5, 0.6) is 11.5 Å². The molecule has 11 heteroatoms. The molecular formula is C27H29F2N2O6P. The summed E-state index contributed by atoms with van der Waals surface area (Å²) < 4.78 is 53.3. The molecule has 3 unspecified atom stereocenters. The summed E-state index contributed by atoms with van der Waals surface area (Å²) in [5.41, 5.74) is 0.231. The van der Waals surface area contributed by atoms with Crippen molar-refractivity contribution in [2.24, 2.45) is 0 Å². The highest BCUT2D eigenvalue weighted by atomic mass is 31.0. The van der Waals surface area contributed by atoms with Crippen LogP contribution < -0.4 is 14.8 Å². The second kappa shape index (κ2) is 8.88. The summed E-state index contributed by atoms with van der Waals surface area (Å²) in [5.74, 6) is -2.80. The van der Waals surface area contributed by atoms with Crippen LogP contribution in [0.1, 0.15) is 37.9 Å². The Morgan fingerprint density at radius 2 is 2.00 bits per heavy atom. The minimum atomic E-state index is -2.34. The minimum Gasteiger partial charge on any atom is -0.420 e. The fraction of sp³-hybridized carbons (Fsp3) is 0.444. The summed E-state index contributed by atoms with van der Waals surface area (Å²) in [6, 6.07) is 9.73. The zero-order chi connectivity index (χ0) is 26.9. The monoisotopic (exact) mass is 546 g/mol. The van der Waals surface area contributed by atoms with Crippen LogP contribution in [0.15, 0.2) is 36.4 Å². The van der Waals surface area contributed by atoms with Gasteiger partial charge in [0.15, 0.2) is 11.5 Å².